The number of phenolic OH excluding ortho intramolecular Hbond substituents is 1. The second kappa shape index (κ2) is 7.67. The van der Waals surface area contributed by atoms with E-state index in [1.54, 1.807) is 24.4 Å². The number of nitrogens with zero attached hydrogens (tertiary/aromatic N) is 1. The number of anilines is 1. The molecular formula is C27H26N2O4. The molecule has 5 rings (SSSR count). The van der Waals surface area contributed by atoms with Gasteiger partial charge in [0.2, 0.25) is 0 Å². The van der Waals surface area contributed by atoms with Gasteiger partial charge >= 0.3 is 0 Å². The molecule has 0 atom stereocenters. The van der Waals surface area contributed by atoms with E-state index in [0.717, 1.165) is 28.0 Å². The first-order valence-corrected chi connectivity index (χ1v) is 10.8. The molecule has 0 aliphatic carbocycles. The lowest BCUT2D eigenvalue weighted by Gasteiger charge is -2.35. The van der Waals surface area contributed by atoms with Gasteiger partial charge in [0.15, 0.2) is 11.5 Å². The van der Waals surface area contributed by atoms with Gasteiger partial charge in [0, 0.05) is 40.2 Å². The zero-order valence-corrected chi connectivity index (χ0v) is 19.1. The van der Waals surface area contributed by atoms with Gasteiger partial charge in [-0.05, 0) is 50.6 Å². The number of allylic oxidation sites excluding steroid dienone is 1. The van der Waals surface area contributed by atoms with Crippen molar-refractivity contribution < 1.29 is 19.7 Å². The summed E-state index contributed by atoms with van der Waals surface area (Å²) >= 11 is 0. The fourth-order valence-corrected chi connectivity index (χ4v) is 4.79. The van der Waals surface area contributed by atoms with E-state index in [-0.39, 0.29) is 17.9 Å². The Balaban J connectivity index is 1.84. The van der Waals surface area contributed by atoms with Crippen molar-refractivity contribution >= 4 is 23.1 Å². The highest BCUT2D eigenvalue weighted by molar-refractivity contribution is 6.02. The Morgan fingerprint density at radius 3 is 2.70 bits per heavy atom. The number of fused-ring (bicyclic) bond motifs is 5. The number of aromatic nitrogens is 1. The minimum absolute atomic E-state index is 0.0507. The molecule has 0 amide bonds. The third-order valence-electron chi connectivity index (χ3n) is 6.04. The Kier molecular flexibility index (Phi) is 4.91. The summed E-state index contributed by atoms with van der Waals surface area (Å²) in [4.78, 5) is 4.46. The molecule has 0 saturated carbocycles. The van der Waals surface area contributed by atoms with Crippen LogP contribution in [0.1, 0.15) is 43.2 Å². The Hall–Kier alpha value is -3.77. The molecule has 2 aliphatic rings. The van der Waals surface area contributed by atoms with Crippen LogP contribution in [0.4, 0.5) is 5.69 Å². The van der Waals surface area contributed by atoms with Crippen molar-refractivity contribution in [1.29, 1.82) is 0 Å². The van der Waals surface area contributed by atoms with Crippen molar-refractivity contribution in [1.82, 2.24) is 4.98 Å². The van der Waals surface area contributed by atoms with Crippen LogP contribution in [0.5, 0.6) is 17.2 Å². The third kappa shape index (κ3) is 3.43. The number of methoxy groups -OCH3 is 1. The van der Waals surface area contributed by atoms with Gasteiger partial charge in [0.1, 0.15) is 11.5 Å². The number of rotatable bonds is 3. The molecular weight excluding hydrogens is 416 g/mol. The normalized spacial score (nSPS) is 16.6. The lowest BCUT2D eigenvalue weighted by Crippen LogP contribution is -2.32. The summed E-state index contributed by atoms with van der Waals surface area (Å²) < 4.78 is 12.0. The third-order valence-corrected chi connectivity index (χ3v) is 6.04. The first kappa shape index (κ1) is 21.1. The Morgan fingerprint density at radius 2 is 1.94 bits per heavy atom. The highest BCUT2D eigenvalue weighted by Crippen LogP contribution is 2.54. The van der Waals surface area contributed by atoms with E-state index in [1.807, 2.05) is 18.2 Å². The second-order valence-corrected chi connectivity index (χ2v) is 8.89. The van der Waals surface area contributed by atoms with Crippen LogP contribution in [0.25, 0.3) is 28.5 Å². The molecule has 3 N–H and O–H groups in total. The number of aliphatic hydroxyl groups excluding tert-OH is 1. The van der Waals surface area contributed by atoms with Gasteiger partial charge < -0.3 is 25.0 Å². The molecule has 2 aliphatic heterocycles. The molecule has 33 heavy (non-hydrogen) atoms. The minimum Gasteiger partial charge on any atom is -0.504 e. The quantitative estimate of drug-likeness (QED) is 0.500. The van der Waals surface area contributed by atoms with Gasteiger partial charge in [-0.15, -0.1) is 0 Å². The van der Waals surface area contributed by atoms with E-state index in [2.05, 4.69) is 43.2 Å². The van der Waals surface area contributed by atoms with Crippen molar-refractivity contribution in [2.75, 3.05) is 12.4 Å². The van der Waals surface area contributed by atoms with Crippen LogP contribution in [-0.2, 0) is 6.61 Å². The summed E-state index contributed by atoms with van der Waals surface area (Å²) in [6, 6.07) is 11.0. The Bertz CT molecular complexity index is 1340. The summed E-state index contributed by atoms with van der Waals surface area (Å²) in [6.07, 6.45) is 5.75. The number of pyridine rings is 1. The van der Waals surface area contributed by atoms with Crippen LogP contribution in [0.3, 0.4) is 0 Å². The Morgan fingerprint density at radius 1 is 1.12 bits per heavy atom. The second-order valence-electron chi connectivity index (χ2n) is 8.89. The molecule has 0 spiro atoms. The first-order valence-electron chi connectivity index (χ1n) is 10.8. The number of hydrogen-bond acceptors (Lipinski definition) is 6. The molecule has 6 heteroatoms. The van der Waals surface area contributed by atoms with Crippen LogP contribution >= 0.6 is 0 Å². The average Bonchev–Trinajstić information content (AvgIpc) is 2.78. The number of hydrogen-bond donors (Lipinski definition) is 3. The monoisotopic (exact) mass is 442 g/mol. The molecule has 3 aromatic rings. The van der Waals surface area contributed by atoms with Gasteiger partial charge in [0.05, 0.1) is 30.5 Å². The summed E-state index contributed by atoms with van der Waals surface area (Å²) in [5, 5.41) is 23.9. The van der Waals surface area contributed by atoms with Crippen LogP contribution in [-0.4, -0.2) is 27.8 Å². The molecule has 0 fully saturated rings. The molecule has 0 unspecified atom stereocenters. The van der Waals surface area contributed by atoms with E-state index in [4.69, 9.17) is 9.47 Å². The van der Waals surface area contributed by atoms with Gasteiger partial charge in [-0.2, -0.15) is 0 Å². The van der Waals surface area contributed by atoms with E-state index >= 15 is 0 Å². The largest absolute Gasteiger partial charge is 0.504 e. The number of aromatic hydroxyl groups is 1. The van der Waals surface area contributed by atoms with Crippen LogP contribution in [0.2, 0.25) is 0 Å². The maximum absolute atomic E-state index is 10.5. The van der Waals surface area contributed by atoms with E-state index in [9.17, 15) is 10.2 Å². The van der Waals surface area contributed by atoms with Crippen molar-refractivity contribution in [3.63, 3.8) is 0 Å². The first-order chi connectivity index (χ1) is 15.8. The van der Waals surface area contributed by atoms with Gasteiger partial charge in [0.25, 0.3) is 0 Å². The van der Waals surface area contributed by atoms with Crippen molar-refractivity contribution in [2.24, 2.45) is 0 Å². The molecule has 0 bridgehead atoms. The van der Waals surface area contributed by atoms with E-state index in [1.165, 1.54) is 7.11 Å². The molecule has 0 saturated heterocycles. The van der Waals surface area contributed by atoms with Crippen LogP contribution in [0, 0.1) is 0 Å². The van der Waals surface area contributed by atoms with Crippen molar-refractivity contribution in [3.05, 3.63) is 71.1 Å². The average molecular weight is 443 g/mol. The van der Waals surface area contributed by atoms with E-state index in [0.29, 0.717) is 34.1 Å². The summed E-state index contributed by atoms with van der Waals surface area (Å²) in [5.41, 5.74) is 6.78. The maximum atomic E-state index is 10.5. The number of benzene rings is 2. The smallest absolute Gasteiger partial charge is 0.172 e. The lowest BCUT2D eigenvalue weighted by atomic mass is 9.83. The number of aliphatic hydroxyl groups is 1. The fourth-order valence-electron chi connectivity index (χ4n) is 4.79. The molecule has 168 valence electrons. The zero-order chi connectivity index (χ0) is 23.3. The Labute approximate surface area is 192 Å². The topological polar surface area (TPSA) is 83.8 Å². The standard InChI is InChI=1S/C27H26N2O4/c1-15-13-27(2,3)29-18-8-7-17-24(23(15)18)22(12-19-16(14-30)6-5-11-28-19)33-21-10-9-20(31)26(32-4)25(17)21/h5-13,29-31H,14H2,1-4H3/b22-12-. The summed E-state index contributed by atoms with van der Waals surface area (Å²) in [5.74, 6) is 1.61. The van der Waals surface area contributed by atoms with Gasteiger partial charge in [-0.3, -0.25) is 4.98 Å². The van der Waals surface area contributed by atoms with Crippen molar-refractivity contribution in [2.45, 2.75) is 32.9 Å². The van der Waals surface area contributed by atoms with Gasteiger partial charge in [-0.25, -0.2) is 0 Å². The molecule has 2 aromatic carbocycles. The highest BCUT2D eigenvalue weighted by atomic mass is 16.5. The van der Waals surface area contributed by atoms with Crippen LogP contribution < -0.4 is 14.8 Å². The van der Waals surface area contributed by atoms with Gasteiger partial charge in [-0.1, -0.05) is 18.2 Å². The van der Waals surface area contributed by atoms with Crippen molar-refractivity contribution in [3.8, 4) is 28.4 Å². The highest BCUT2D eigenvalue weighted by Gasteiger charge is 2.33. The molecule has 0 radical (unpaired) electrons. The maximum Gasteiger partial charge on any atom is 0.172 e. The zero-order valence-electron chi connectivity index (χ0n) is 19.1. The summed E-state index contributed by atoms with van der Waals surface area (Å²) in [6.45, 7) is 6.22. The molecule has 1 aromatic heterocycles. The minimum atomic E-state index is -0.191. The fraction of sp³-hybridized carbons (Fsp3) is 0.222. The number of ether oxygens (including phenoxy) is 2. The number of nitrogens with one attached hydrogen (secondary N) is 1. The number of phenols is 1. The molecule has 3 heterocycles. The molecule has 6 nitrogen and oxygen atoms in total. The summed E-state index contributed by atoms with van der Waals surface area (Å²) in [7, 11) is 1.54. The van der Waals surface area contributed by atoms with E-state index < -0.39 is 0 Å². The SMILES string of the molecule is COc1c(O)ccc2c1-c1ccc3c(c1/C(=C/c1ncccc1CO)O2)C(C)=CC(C)(C)N3. The van der Waals surface area contributed by atoms with Crippen LogP contribution in [0.15, 0.2) is 48.7 Å². The predicted molar refractivity (Wildman–Crippen MR) is 130 cm³/mol. The predicted octanol–water partition coefficient (Wildman–Crippen LogP) is 5.45. The lowest BCUT2D eigenvalue weighted by molar-refractivity contribution is 0.281.